The van der Waals surface area contributed by atoms with Gasteiger partial charge in [0.1, 0.15) is 5.82 Å². The molecule has 10 heteroatoms. The van der Waals surface area contributed by atoms with E-state index in [1.807, 2.05) is 48.7 Å². The third-order valence-electron chi connectivity index (χ3n) is 8.84. The average molecular weight is 617 g/mol. The number of anilines is 2. The van der Waals surface area contributed by atoms with Gasteiger partial charge in [0.05, 0.1) is 30.8 Å². The van der Waals surface area contributed by atoms with Crippen LogP contribution in [-0.4, -0.2) is 76.6 Å². The maximum absolute atomic E-state index is 12.5. The molecule has 0 spiro atoms. The van der Waals surface area contributed by atoms with Crippen LogP contribution in [0, 0.1) is 0 Å². The van der Waals surface area contributed by atoms with Gasteiger partial charge in [0.2, 0.25) is 0 Å². The Labute approximate surface area is 269 Å². The fourth-order valence-corrected chi connectivity index (χ4v) is 6.33. The molecule has 7 rings (SSSR count). The first-order valence-corrected chi connectivity index (χ1v) is 16.2. The van der Waals surface area contributed by atoms with Gasteiger partial charge < -0.3 is 20.3 Å². The smallest absolute Gasteiger partial charge is 0.319 e. The van der Waals surface area contributed by atoms with Crippen LogP contribution in [0.15, 0.2) is 91.1 Å². The lowest BCUT2D eigenvalue weighted by atomic mass is 10.0. The predicted molar refractivity (Wildman–Crippen MR) is 181 cm³/mol. The Bertz CT molecular complexity index is 1730. The maximum Gasteiger partial charge on any atom is 0.319 e. The molecule has 0 aliphatic carbocycles. The van der Waals surface area contributed by atoms with Gasteiger partial charge in [-0.3, -0.25) is 4.90 Å². The van der Waals surface area contributed by atoms with Crippen LogP contribution in [0.1, 0.15) is 30.0 Å². The van der Waals surface area contributed by atoms with Crippen molar-refractivity contribution in [3.63, 3.8) is 0 Å². The number of fused-ring (bicyclic) bond motifs is 1. The SMILES string of the molecule is O=C(NCCc1ccccc1)Nc1ccc(-c2nc(N3CCOCC3)c3cnn(C4CCN(Cc5ccccc5)CC4)c3n2)cc1. The number of carbonyl (C=O) groups excluding carboxylic acids is 1. The predicted octanol–water partition coefficient (Wildman–Crippen LogP) is 5.53. The summed E-state index contributed by atoms with van der Waals surface area (Å²) in [6, 6.07) is 28.6. The Morgan fingerprint density at radius 1 is 0.826 bits per heavy atom. The third kappa shape index (κ3) is 7.03. The molecule has 236 valence electrons. The van der Waals surface area contributed by atoms with E-state index in [1.54, 1.807) is 0 Å². The van der Waals surface area contributed by atoms with E-state index in [1.165, 1.54) is 11.1 Å². The van der Waals surface area contributed by atoms with Crippen LogP contribution >= 0.6 is 0 Å². The highest BCUT2D eigenvalue weighted by Crippen LogP contribution is 2.32. The summed E-state index contributed by atoms with van der Waals surface area (Å²) >= 11 is 0. The van der Waals surface area contributed by atoms with E-state index in [9.17, 15) is 4.79 Å². The first-order valence-electron chi connectivity index (χ1n) is 16.2. The molecule has 2 aliphatic rings. The Hall–Kier alpha value is -4.80. The molecule has 0 atom stereocenters. The molecule has 2 N–H and O–H groups in total. The number of ether oxygens (including phenoxy) is 1. The lowest BCUT2D eigenvalue weighted by molar-refractivity contribution is 0.122. The number of piperidine rings is 1. The number of nitrogens with zero attached hydrogens (tertiary/aromatic N) is 6. The van der Waals surface area contributed by atoms with Crippen LogP contribution in [0.5, 0.6) is 0 Å². The fourth-order valence-electron chi connectivity index (χ4n) is 6.33. The number of benzene rings is 3. The lowest BCUT2D eigenvalue weighted by Gasteiger charge is -2.32. The summed E-state index contributed by atoms with van der Waals surface area (Å²) in [6.07, 6.45) is 4.75. The molecule has 0 radical (unpaired) electrons. The molecule has 4 heterocycles. The summed E-state index contributed by atoms with van der Waals surface area (Å²) in [4.78, 5) is 27.5. The van der Waals surface area contributed by atoms with Gasteiger partial charge in [-0.2, -0.15) is 5.10 Å². The summed E-state index contributed by atoms with van der Waals surface area (Å²) in [7, 11) is 0. The van der Waals surface area contributed by atoms with E-state index in [0.29, 0.717) is 31.3 Å². The molecule has 0 saturated carbocycles. The minimum absolute atomic E-state index is 0.227. The van der Waals surface area contributed by atoms with Gasteiger partial charge in [-0.05, 0) is 54.7 Å². The number of hydrogen-bond acceptors (Lipinski definition) is 7. The summed E-state index contributed by atoms with van der Waals surface area (Å²) in [5.74, 6) is 1.55. The van der Waals surface area contributed by atoms with Crippen LogP contribution in [-0.2, 0) is 17.7 Å². The van der Waals surface area contributed by atoms with E-state index in [2.05, 4.69) is 67.6 Å². The molecular formula is C36H40N8O2. The zero-order valence-electron chi connectivity index (χ0n) is 26.0. The van der Waals surface area contributed by atoms with Crippen molar-refractivity contribution < 1.29 is 9.53 Å². The zero-order chi connectivity index (χ0) is 31.1. The van der Waals surface area contributed by atoms with Gasteiger partial charge in [-0.15, -0.1) is 0 Å². The number of hydrogen-bond donors (Lipinski definition) is 2. The number of aromatic nitrogens is 4. The van der Waals surface area contributed by atoms with Crippen molar-refractivity contribution in [3.05, 3.63) is 102 Å². The molecule has 2 aliphatic heterocycles. The van der Waals surface area contributed by atoms with Crippen molar-refractivity contribution in [1.82, 2.24) is 30.0 Å². The molecule has 46 heavy (non-hydrogen) atoms. The molecule has 0 bridgehead atoms. The summed E-state index contributed by atoms with van der Waals surface area (Å²) in [5.41, 5.74) is 5.01. The van der Waals surface area contributed by atoms with Crippen LogP contribution in [0.4, 0.5) is 16.3 Å². The standard InChI is InChI=1S/C36H40N8O2/c45-36(37-18-15-27-7-3-1-4-8-27)39-30-13-11-29(12-14-30)33-40-34(43-21-23-46-24-22-43)32-25-38-44(35(32)41-33)31-16-19-42(20-17-31)26-28-9-5-2-6-10-28/h1-14,25,31H,15-24,26H2,(H2,37,39,45). The Morgan fingerprint density at radius 2 is 1.52 bits per heavy atom. The Morgan fingerprint density at radius 3 is 2.24 bits per heavy atom. The second-order valence-electron chi connectivity index (χ2n) is 12.0. The molecule has 5 aromatic rings. The van der Waals surface area contributed by atoms with Crippen LogP contribution < -0.4 is 15.5 Å². The number of nitrogens with one attached hydrogen (secondary N) is 2. The van der Waals surface area contributed by atoms with Gasteiger partial charge in [0.15, 0.2) is 11.5 Å². The Balaban J connectivity index is 1.07. The number of likely N-dealkylation sites (tertiary alicyclic amines) is 1. The molecule has 2 saturated heterocycles. The van der Waals surface area contributed by atoms with Gasteiger partial charge >= 0.3 is 6.03 Å². The van der Waals surface area contributed by atoms with Gasteiger partial charge in [0, 0.05) is 50.5 Å². The second-order valence-corrected chi connectivity index (χ2v) is 12.0. The topological polar surface area (TPSA) is 100 Å². The van der Waals surface area contributed by atoms with Crippen molar-refractivity contribution in [3.8, 4) is 11.4 Å². The molecule has 0 unspecified atom stereocenters. The molecular weight excluding hydrogens is 576 g/mol. The lowest BCUT2D eigenvalue weighted by Crippen LogP contribution is -2.37. The second kappa shape index (κ2) is 14.1. The van der Waals surface area contributed by atoms with Crippen molar-refractivity contribution in [2.75, 3.05) is 56.2 Å². The zero-order valence-corrected chi connectivity index (χ0v) is 26.0. The average Bonchev–Trinajstić information content (AvgIpc) is 3.54. The third-order valence-corrected chi connectivity index (χ3v) is 8.84. The number of amides is 2. The van der Waals surface area contributed by atoms with E-state index in [4.69, 9.17) is 19.8 Å². The van der Waals surface area contributed by atoms with Crippen molar-refractivity contribution in [2.24, 2.45) is 0 Å². The largest absolute Gasteiger partial charge is 0.378 e. The van der Waals surface area contributed by atoms with Gasteiger partial charge in [-0.1, -0.05) is 60.7 Å². The molecule has 2 amide bonds. The normalized spacial score (nSPS) is 16.0. The molecule has 3 aromatic carbocycles. The highest BCUT2D eigenvalue weighted by Gasteiger charge is 2.26. The minimum Gasteiger partial charge on any atom is -0.378 e. The van der Waals surface area contributed by atoms with Gasteiger partial charge in [-0.25, -0.2) is 19.4 Å². The summed E-state index contributed by atoms with van der Waals surface area (Å²) in [6.45, 7) is 6.46. The molecule has 2 aromatic heterocycles. The van der Waals surface area contributed by atoms with E-state index in [-0.39, 0.29) is 12.1 Å². The highest BCUT2D eigenvalue weighted by atomic mass is 16.5. The van der Waals surface area contributed by atoms with E-state index >= 15 is 0 Å². The van der Waals surface area contributed by atoms with Gasteiger partial charge in [0.25, 0.3) is 0 Å². The van der Waals surface area contributed by atoms with Crippen molar-refractivity contribution in [1.29, 1.82) is 0 Å². The summed E-state index contributed by atoms with van der Waals surface area (Å²) in [5, 5.41) is 11.7. The monoisotopic (exact) mass is 616 g/mol. The van der Waals surface area contributed by atoms with Crippen molar-refractivity contribution >= 4 is 28.6 Å². The number of urea groups is 1. The fraction of sp³-hybridized carbons (Fsp3) is 0.333. The number of morpholine rings is 1. The van der Waals surface area contributed by atoms with E-state index in [0.717, 1.165) is 74.4 Å². The quantitative estimate of drug-likeness (QED) is 0.225. The first kappa shape index (κ1) is 29.9. The number of carbonyl (C=O) groups is 1. The first-order chi connectivity index (χ1) is 22.7. The molecule has 2 fully saturated rings. The van der Waals surface area contributed by atoms with Crippen LogP contribution in [0.25, 0.3) is 22.4 Å². The Kier molecular flexibility index (Phi) is 9.16. The molecule has 10 nitrogen and oxygen atoms in total. The van der Waals surface area contributed by atoms with Crippen molar-refractivity contribution in [2.45, 2.75) is 31.8 Å². The van der Waals surface area contributed by atoms with Crippen LogP contribution in [0.3, 0.4) is 0 Å². The minimum atomic E-state index is -0.227. The van der Waals surface area contributed by atoms with E-state index < -0.39 is 0 Å². The maximum atomic E-state index is 12.5. The highest BCUT2D eigenvalue weighted by molar-refractivity contribution is 5.90. The number of rotatable bonds is 9. The summed E-state index contributed by atoms with van der Waals surface area (Å²) < 4.78 is 7.77. The van der Waals surface area contributed by atoms with Crippen LogP contribution in [0.2, 0.25) is 0 Å².